The summed E-state index contributed by atoms with van der Waals surface area (Å²) in [5.74, 6) is -0.0606. The molecule has 0 radical (unpaired) electrons. The highest BCUT2D eigenvalue weighted by Crippen LogP contribution is 2.07. The maximum absolute atomic E-state index is 12.2. The zero-order valence-corrected chi connectivity index (χ0v) is 13.1. The van der Waals surface area contributed by atoms with Gasteiger partial charge in [0, 0.05) is 13.1 Å². The van der Waals surface area contributed by atoms with Gasteiger partial charge < -0.3 is 15.0 Å². The zero-order chi connectivity index (χ0) is 15.1. The lowest BCUT2D eigenvalue weighted by molar-refractivity contribution is -0.133. The van der Waals surface area contributed by atoms with Gasteiger partial charge in [-0.3, -0.25) is 4.79 Å². The van der Waals surface area contributed by atoms with E-state index in [4.69, 9.17) is 4.74 Å². The summed E-state index contributed by atoms with van der Waals surface area (Å²) in [6, 6.07) is -0.562. The number of nitrogens with zero attached hydrogens (tertiary/aromatic N) is 1. The highest BCUT2D eigenvalue weighted by molar-refractivity contribution is 5.85. The molecule has 0 spiro atoms. The molecule has 0 aromatic heterocycles. The summed E-state index contributed by atoms with van der Waals surface area (Å²) in [7, 11) is 0. The molecule has 0 rings (SSSR count). The topological polar surface area (TPSA) is 58.6 Å². The van der Waals surface area contributed by atoms with Crippen molar-refractivity contribution in [3.8, 4) is 0 Å². The van der Waals surface area contributed by atoms with E-state index in [0.29, 0.717) is 13.1 Å². The SMILES string of the molecule is CCCN(CCC)C(=O)C(C)NC(=O)OC(C)(C)C. The predicted molar refractivity (Wildman–Crippen MR) is 76.0 cm³/mol. The van der Waals surface area contributed by atoms with E-state index in [0.717, 1.165) is 12.8 Å². The molecule has 112 valence electrons. The molecule has 5 nitrogen and oxygen atoms in total. The van der Waals surface area contributed by atoms with Gasteiger partial charge in [-0.1, -0.05) is 13.8 Å². The molecule has 0 aliphatic carbocycles. The molecule has 1 unspecified atom stereocenters. The highest BCUT2D eigenvalue weighted by Gasteiger charge is 2.23. The summed E-state index contributed by atoms with van der Waals surface area (Å²) in [6.07, 6.45) is 1.26. The summed E-state index contributed by atoms with van der Waals surface area (Å²) < 4.78 is 5.14. The second kappa shape index (κ2) is 8.02. The average Bonchev–Trinajstić information content (AvgIpc) is 2.25. The lowest BCUT2D eigenvalue weighted by Gasteiger charge is -2.26. The molecular weight excluding hydrogens is 244 g/mol. The lowest BCUT2D eigenvalue weighted by atomic mass is 10.2. The molecule has 0 heterocycles. The van der Waals surface area contributed by atoms with Crippen LogP contribution in [0.3, 0.4) is 0 Å². The van der Waals surface area contributed by atoms with E-state index in [1.165, 1.54) is 0 Å². The third kappa shape index (κ3) is 7.70. The van der Waals surface area contributed by atoms with Crippen molar-refractivity contribution >= 4 is 12.0 Å². The van der Waals surface area contributed by atoms with Crippen molar-refractivity contribution in [1.82, 2.24) is 10.2 Å². The molecule has 0 aromatic rings. The highest BCUT2D eigenvalue weighted by atomic mass is 16.6. The van der Waals surface area contributed by atoms with Crippen molar-refractivity contribution in [2.75, 3.05) is 13.1 Å². The Labute approximate surface area is 116 Å². The van der Waals surface area contributed by atoms with Gasteiger partial charge in [0.1, 0.15) is 11.6 Å². The minimum absolute atomic E-state index is 0.0606. The normalized spacial score (nSPS) is 12.7. The Morgan fingerprint density at radius 3 is 2.00 bits per heavy atom. The zero-order valence-electron chi connectivity index (χ0n) is 13.1. The molecule has 5 heteroatoms. The van der Waals surface area contributed by atoms with Gasteiger partial charge in [0.05, 0.1) is 0 Å². The van der Waals surface area contributed by atoms with E-state index >= 15 is 0 Å². The van der Waals surface area contributed by atoms with Crippen LogP contribution in [0.5, 0.6) is 0 Å². The predicted octanol–water partition coefficient (Wildman–Crippen LogP) is 2.55. The molecule has 0 bridgehead atoms. The first-order valence-corrected chi connectivity index (χ1v) is 6.99. The maximum Gasteiger partial charge on any atom is 0.408 e. The van der Waals surface area contributed by atoms with Crippen molar-refractivity contribution in [3.63, 3.8) is 0 Å². The Kier molecular flexibility index (Phi) is 7.49. The van der Waals surface area contributed by atoms with Crippen molar-refractivity contribution in [1.29, 1.82) is 0 Å². The Morgan fingerprint density at radius 1 is 1.16 bits per heavy atom. The molecule has 0 saturated heterocycles. The summed E-state index contributed by atoms with van der Waals surface area (Å²) in [4.78, 5) is 25.6. The Hall–Kier alpha value is -1.26. The van der Waals surface area contributed by atoms with Crippen LogP contribution in [0.2, 0.25) is 0 Å². The molecule has 2 amide bonds. The van der Waals surface area contributed by atoms with E-state index < -0.39 is 17.7 Å². The van der Waals surface area contributed by atoms with Crippen molar-refractivity contribution < 1.29 is 14.3 Å². The first kappa shape index (κ1) is 17.7. The van der Waals surface area contributed by atoms with Crippen LogP contribution in [-0.4, -0.2) is 41.6 Å². The van der Waals surface area contributed by atoms with Gasteiger partial charge in [0.2, 0.25) is 5.91 Å². The molecule has 0 aromatic carbocycles. The number of alkyl carbamates (subject to hydrolysis) is 1. The lowest BCUT2D eigenvalue weighted by Crippen LogP contribution is -2.48. The molecular formula is C14H28N2O3. The Morgan fingerprint density at radius 2 is 1.63 bits per heavy atom. The molecule has 0 fully saturated rings. The molecule has 1 atom stereocenters. The van der Waals surface area contributed by atoms with Crippen LogP contribution in [-0.2, 0) is 9.53 Å². The summed E-state index contributed by atoms with van der Waals surface area (Å²) in [5, 5.41) is 2.58. The van der Waals surface area contributed by atoms with Gasteiger partial charge in [-0.2, -0.15) is 0 Å². The number of carbonyl (C=O) groups is 2. The number of hydrogen-bond acceptors (Lipinski definition) is 3. The van der Waals surface area contributed by atoms with Gasteiger partial charge in [-0.15, -0.1) is 0 Å². The van der Waals surface area contributed by atoms with E-state index in [9.17, 15) is 9.59 Å². The third-order valence-electron chi connectivity index (χ3n) is 2.40. The van der Waals surface area contributed by atoms with Crippen LogP contribution < -0.4 is 5.32 Å². The number of hydrogen-bond donors (Lipinski definition) is 1. The van der Waals surface area contributed by atoms with Gasteiger partial charge in [0.25, 0.3) is 0 Å². The Bertz CT molecular complexity index is 292. The fraction of sp³-hybridized carbons (Fsp3) is 0.857. The second-order valence-corrected chi connectivity index (χ2v) is 5.69. The first-order chi connectivity index (χ1) is 8.71. The largest absolute Gasteiger partial charge is 0.444 e. The molecule has 0 saturated carbocycles. The maximum atomic E-state index is 12.2. The number of carbonyl (C=O) groups excluding carboxylic acids is 2. The summed E-state index contributed by atoms with van der Waals surface area (Å²) in [5.41, 5.74) is -0.556. The Balaban J connectivity index is 4.42. The quantitative estimate of drug-likeness (QED) is 0.808. The van der Waals surface area contributed by atoms with Crippen LogP contribution in [0, 0.1) is 0 Å². The van der Waals surface area contributed by atoms with Gasteiger partial charge in [-0.25, -0.2) is 4.79 Å². The molecule has 0 aliphatic rings. The monoisotopic (exact) mass is 272 g/mol. The number of ether oxygens (including phenoxy) is 1. The standard InChI is InChI=1S/C14H28N2O3/c1-7-9-16(10-8-2)12(17)11(3)15-13(18)19-14(4,5)6/h11H,7-10H2,1-6H3,(H,15,18). The number of nitrogens with one attached hydrogen (secondary N) is 1. The van der Waals surface area contributed by atoms with E-state index in [1.54, 1.807) is 32.6 Å². The van der Waals surface area contributed by atoms with Gasteiger partial charge in [0.15, 0.2) is 0 Å². The fourth-order valence-electron chi connectivity index (χ4n) is 1.69. The van der Waals surface area contributed by atoms with Gasteiger partial charge >= 0.3 is 6.09 Å². The minimum atomic E-state index is -0.562. The van der Waals surface area contributed by atoms with Gasteiger partial charge in [-0.05, 0) is 40.5 Å². The van der Waals surface area contributed by atoms with Crippen LogP contribution in [0.15, 0.2) is 0 Å². The van der Waals surface area contributed by atoms with Crippen molar-refractivity contribution in [2.45, 2.75) is 66.0 Å². The third-order valence-corrected chi connectivity index (χ3v) is 2.40. The van der Waals surface area contributed by atoms with E-state index in [-0.39, 0.29) is 5.91 Å². The van der Waals surface area contributed by atoms with Crippen molar-refractivity contribution in [2.24, 2.45) is 0 Å². The minimum Gasteiger partial charge on any atom is -0.444 e. The molecule has 0 aliphatic heterocycles. The second-order valence-electron chi connectivity index (χ2n) is 5.69. The fourth-order valence-corrected chi connectivity index (χ4v) is 1.69. The number of amides is 2. The summed E-state index contributed by atoms with van der Waals surface area (Å²) in [6.45, 7) is 12.5. The molecule has 1 N–H and O–H groups in total. The van der Waals surface area contributed by atoms with Crippen LogP contribution in [0.4, 0.5) is 4.79 Å². The first-order valence-electron chi connectivity index (χ1n) is 6.99. The van der Waals surface area contributed by atoms with E-state index in [1.807, 2.05) is 13.8 Å². The molecule has 19 heavy (non-hydrogen) atoms. The smallest absolute Gasteiger partial charge is 0.408 e. The van der Waals surface area contributed by atoms with Crippen molar-refractivity contribution in [3.05, 3.63) is 0 Å². The van der Waals surface area contributed by atoms with Crippen LogP contribution >= 0.6 is 0 Å². The van der Waals surface area contributed by atoms with Crippen LogP contribution in [0.25, 0.3) is 0 Å². The summed E-state index contributed by atoms with van der Waals surface area (Å²) >= 11 is 0. The number of rotatable bonds is 6. The van der Waals surface area contributed by atoms with Crippen LogP contribution in [0.1, 0.15) is 54.4 Å². The van der Waals surface area contributed by atoms with E-state index in [2.05, 4.69) is 5.32 Å². The average molecular weight is 272 g/mol.